The third kappa shape index (κ3) is 5.09. The van der Waals surface area contributed by atoms with Gasteiger partial charge in [-0.3, -0.25) is 10.1 Å². The molecule has 1 aliphatic rings. The summed E-state index contributed by atoms with van der Waals surface area (Å²) >= 11 is 0. The molecule has 1 aromatic rings. The number of aliphatic carboxylic acids is 2. The fourth-order valence-corrected chi connectivity index (χ4v) is 3.67. The van der Waals surface area contributed by atoms with Gasteiger partial charge in [-0.05, 0) is 33.3 Å². The molecule has 3 N–H and O–H groups in total. The number of nitrogens with zero attached hydrogens (tertiary/aromatic N) is 1. The molecule has 0 bridgehead atoms. The zero-order chi connectivity index (χ0) is 23.3. The maximum atomic E-state index is 12.3. The number of nitro benzene ring substituents is 1. The maximum Gasteiger partial charge on any atom is 0.334 e. The van der Waals surface area contributed by atoms with E-state index < -0.39 is 35.0 Å². The van der Waals surface area contributed by atoms with Crippen LogP contribution < -0.4 is 5.32 Å². The highest BCUT2D eigenvalue weighted by Gasteiger charge is 2.41. The molecule has 10 nitrogen and oxygen atoms in total. The first-order valence-electron chi connectivity index (χ1n) is 9.83. The molecule has 0 amide bonds. The summed E-state index contributed by atoms with van der Waals surface area (Å²) in [6.07, 6.45) is -1.40. The molecule has 0 fully saturated rings. The number of carboxylic acids is 2. The minimum absolute atomic E-state index is 0.174. The standard InChI is InChI=1S/C21H26N2O8/c1-5-30-11(3)18-16(20(24)25)15(13-8-7-9-14(10-13)23(28)29)17(21(26)27)19(22-18)12(4)31-6-2/h7-12,15,22H,5-6H2,1-4H3,(H,24,25)(H,26,27). The van der Waals surface area contributed by atoms with Crippen LogP contribution in [-0.2, 0) is 19.1 Å². The second-order valence-electron chi connectivity index (χ2n) is 6.87. The lowest BCUT2D eigenvalue weighted by atomic mass is 9.78. The van der Waals surface area contributed by atoms with E-state index in [9.17, 15) is 29.9 Å². The predicted octanol–water partition coefficient (Wildman–Crippen LogP) is 2.81. The number of hydrogen-bond donors (Lipinski definition) is 3. The van der Waals surface area contributed by atoms with Gasteiger partial charge in [-0.25, -0.2) is 9.59 Å². The summed E-state index contributed by atoms with van der Waals surface area (Å²) < 4.78 is 11.2. The van der Waals surface area contributed by atoms with Crippen LogP contribution in [0.4, 0.5) is 5.69 Å². The van der Waals surface area contributed by atoms with Gasteiger partial charge in [0.25, 0.3) is 5.69 Å². The highest BCUT2D eigenvalue weighted by molar-refractivity contribution is 5.98. The lowest BCUT2D eigenvalue weighted by molar-refractivity contribution is -0.384. The summed E-state index contributed by atoms with van der Waals surface area (Å²) in [6, 6.07) is 5.31. The Morgan fingerprint density at radius 2 is 1.55 bits per heavy atom. The van der Waals surface area contributed by atoms with Gasteiger partial charge in [0, 0.05) is 25.3 Å². The van der Waals surface area contributed by atoms with E-state index in [2.05, 4.69) is 5.32 Å². The monoisotopic (exact) mass is 434 g/mol. The Morgan fingerprint density at radius 1 is 1.06 bits per heavy atom. The molecular weight excluding hydrogens is 408 g/mol. The molecule has 2 rings (SSSR count). The molecule has 0 spiro atoms. The minimum atomic E-state index is -1.35. The Bertz CT molecular complexity index is 891. The van der Waals surface area contributed by atoms with Crippen LogP contribution in [0.3, 0.4) is 0 Å². The molecule has 0 aromatic heterocycles. The van der Waals surface area contributed by atoms with Crippen LogP contribution in [-0.4, -0.2) is 52.5 Å². The molecule has 0 radical (unpaired) electrons. The van der Waals surface area contributed by atoms with Crippen molar-refractivity contribution in [3.8, 4) is 0 Å². The third-order valence-electron chi connectivity index (χ3n) is 4.95. The maximum absolute atomic E-state index is 12.3. The second kappa shape index (κ2) is 10.2. The van der Waals surface area contributed by atoms with Crippen molar-refractivity contribution in [3.63, 3.8) is 0 Å². The number of benzene rings is 1. The molecule has 0 saturated heterocycles. The van der Waals surface area contributed by atoms with Crippen LogP contribution in [0, 0.1) is 10.1 Å². The van der Waals surface area contributed by atoms with Crippen molar-refractivity contribution in [3.05, 3.63) is 62.5 Å². The highest BCUT2D eigenvalue weighted by Crippen LogP contribution is 2.41. The van der Waals surface area contributed by atoms with Crippen LogP contribution in [0.2, 0.25) is 0 Å². The average molecular weight is 434 g/mol. The molecule has 10 heteroatoms. The van der Waals surface area contributed by atoms with Crippen LogP contribution >= 0.6 is 0 Å². The van der Waals surface area contributed by atoms with E-state index in [4.69, 9.17) is 9.47 Å². The smallest absolute Gasteiger partial charge is 0.334 e. The molecule has 1 heterocycles. The number of ether oxygens (including phenoxy) is 2. The summed E-state index contributed by atoms with van der Waals surface area (Å²) in [4.78, 5) is 35.3. The summed E-state index contributed by atoms with van der Waals surface area (Å²) in [5.74, 6) is -3.98. The lowest BCUT2D eigenvalue weighted by Gasteiger charge is -2.35. The average Bonchev–Trinajstić information content (AvgIpc) is 2.72. The predicted molar refractivity (Wildman–Crippen MR) is 110 cm³/mol. The number of carbonyl (C=O) groups is 2. The van der Waals surface area contributed by atoms with Gasteiger partial charge in [0.05, 0.1) is 45.6 Å². The number of rotatable bonds is 10. The first-order valence-corrected chi connectivity index (χ1v) is 9.83. The molecule has 0 aliphatic carbocycles. The van der Waals surface area contributed by atoms with Crippen molar-refractivity contribution in [1.82, 2.24) is 5.32 Å². The van der Waals surface area contributed by atoms with Crippen molar-refractivity contribution < 1.29 is 34.2 Å². The molecular formula is C21H26N2O8. The van der Waals surface area contributed by atoms with Gasteiger partial charge in [0.2, 0.25) is 0 Å². The summed E-state index contributed by atoms with van der Waals surface area (Å²) in [6.45, 7) is 7.39. The van der Waals surface area contributed by atoms with Crippen molar-refractivity contribution >= 4 is 17.6 Å². The van der Waals surface area contributed by atoms with Gasteiger partial charge in [-0.15, -0.1) is 0 Å². The molecule has 2 atom stereocenters. The highest BCUT2D eigenvalue weighted by atomic mass is 16.6. The third-order valence-corrected chi connectivity index (χ3v) is 4.95. The Morgan fingerprint density at radius 3 is 1.94 bits per heavy atom. The van der Waals surface area contributed by atoms with Crippen LogP contribution in [0.25, 0.3) is 0 Å². The SMILES string of the molecule is CCOC(C)C1=C(C(=O)O)C(c2cccc([N+](=O)[O-])c2)C(C(=O)O)=C(C(C)OCC)N1. The number of non-ortho nitro benzene ring substituents is 1. The van der Waals surface area contributed by atoms with E-state index in [-0.39, 0.29) is 33.8 Å². The molecule has 0 saturated carbocycles. The topological polar surface area (TPSA) is 148 Å². The zero-order valence-electron chi connectivity index (χ0n) is 17.7. The minimum Gasteiger partial charge on any atom is -0.478 e. The van der Waals surface area contributed by atoms with E-state index >= 15 is 0 Å². The van der Waals surface area contributed by atoms with Crippen molar-refractivity contribution in [2.75, 3.05) is 13.2 Å². The van der Waals surface area contributed by atoms with Gasteiger partial charge in [-0.2, -0.15) is 0 Å². The van der Waals surface area contributed by atoms with Crippen LogP contribution in [0.1, 0.15) is 39.2 Å². The van der Waals surface area contributed by atoms with Gasteiger partial charge in [-0.1, -0.05) is 12.1 Å². The van der Waals surface area contributed by atoms with E-state index in [0.29, 0.717) is 13.2 Å². The first-order chi connectivity index (χ1) is 14.6. The molecule has 168 valence electrons. The van der Waals surface area contributed by atoms with Crippen molar-refractivity contribution in [1.29, 1.82) is 0 Å². The quantitative estimate of drug-likeness (QED) is 0.373. The summed E-state index contributed by atoms with van der Waals surface area (Å²) in [7, 11) is 0. The Kier molecular flexibility index (Phi) is 7.89. The number of carboxylic acid groups (broad SMARTS) is 2. The zero-order valence-corrected chi connectivity index (χ0v) is 17.7. The van der Waals surface area contributed by atoms with E-state index in [0.717, 1.165) is 0 Å². The van der Waals surface area contributed by atoms with Gasteiger partial charge in [0.1, 0.15) is 0 Å². The van der Waals surface area contributed by atoms with Crippen LogP contribution in [0.5, 0.6) is 0 Å². The summed E-state index contributed by atoms with van der Waals surface area (Å²) in [5.41, 5.74) is -0.232. The van der Waals surface area contributed by atoms with Gasteiger partial charge in [0.15, 0.2) is 0 Å². The largest absolute Gasteiger partial charge is 0.478 e. The lowest BCUT2D eigenvalue weighted by Crippen LogP contribution is -2.40. The van der Waals surface area contributed by atoms with E-state index in [1.54, 1.807) is 27.7 Å². The molecule has 31 heavy (non-hydrogen) atoms. The van der Waals surface area contributed by atoms with E-state index in [1.165, 1.54) is 24.3 Å². The van der Waals surface area contributed by atoms with Gasteiger partial charge < -0.3 is 25.0 Å². The fraction of sp³-hybridized carbons (Fsp3) is 0.429. The number of nitrogens with one attached hydrogen (secondary N) is 1. The second-order valence-corrected chi connectivity index (χ2v) is 6.87. The summed E-state index contributed by atoms with van der Waals surface area (Å²) in [5, 5.41) is 34.3. The van der Waals surface area contributed by atoms with Crippen molar-refractivity contribution in [2.45, 2.75) is 45.8 Å². The Balaban J connectivity index is 2.86. The molecule has 2 unspecified atom stereocenters. The first kappa shape index (κ1) is 24.0. The fourth-order valence-electron chi connectivity index (χ4n) is 3.67. The number of hydrogen-bond acceptors (Lipinski definition) is 7. The Labute approximate surface area is 179 Å². The number of dihydropyridines is 1. The molecule has 1 aromatic carbocycles. The normalized spacial score (nSPS) is 18.4. The molecule has 1 aliphatic heterocycles. The van der Waals surface area contributed by atoms with E-state index in [1.807, 2.05) is 0 Å². The van der Waals surface area contributed by atoms with Crippen LogP contribution in [0.15, 0.2) is 46.8 Å². The van der Waals surface area contributed by atoms with Gasteiger partial charge >= 0.3 is 11.9 Å². The number of nitro groups is 1. The Hall–Kier alpha value is -3.24. The van der Waals surface area contributed by atoms with Crippen molar-refractivity contribution in [2.24, 2.45) is 0 Å².